The van der Waals surface area contributed by atoms with Crippen LogP contribution in [0.4, 0.5) is 139 Å². The van der Waals surface area contributed by atoms with Gasteiger partial charge in [0.15, 0.2) is 46.5 Å². The molecule has 2 fully saturated rings. The van der Waals surface area contributed by atoms with Gasteiger partial charge in [-0.3, -0.25) is 33.7 Å². The molecule has 730 valence electrons. The van der Waals surface area contributed by atoms with E-state index in [-0.39, 0.29) is 90.5 Å². The van der Waals surface area contributed by atoms with Crippen molar-refractivity contribution in [3.63, 3.8) is 0 Å². The number of hydrogen-bond donors (Lipinski definition) is 13. The Morgan fingerprint density at radius 2 is 0.894 bits per heavy atom. The Morgan fingerprint density at radius 1 is 0.451 bits per heavy atom. The number of aromatic nitrogens is 11. The summed E-state index contributed by atoms with van der Waals surface area (Å²) >= 11 is 6.35. The van der Waals surface area contributed by atoms with Crippen LogP contribution in [-0.4, -0.2) is 180 Å². The van der Waals surface area contributed by atoms with Crippen molar-refractivity contribution in [2.45, 2.75) is 26.0 Å². The molecule has 8 aromatic carbocycles. The highest BCUT2D eigenvalue weighted by atomic mass is 35.5. The number of piperidine rings is 1. The molecule has 4 amide bonds. The molecule has 8 heterocycles. The maximum atomic E-state index is 14.5. The zero-order valence-electron chi connectivity index (χ0n) is 77.4. The number of pyridine rings is 1. The molecule has 0 radical (unpaired) electrons. The Labute approximate surface area is 821 Å². The van der Waals surface area contributed by atoms with Gasteiger partial charge in [0.1, 0.15) is 30.5 Å². The number of aliphatic hydroxyl groups is 1. The van der Waals surface area contributed by atoms with E-state index in [9.17, 15) is 36.7 Å². The van der Waals surface area contributed by atoms with E-state index in [0.29, 0.717) is 111 Å². The van der Waals surface area contributed by atoms with Crippen LogP contribution < -0.4 is 82.9 Å². The summed E-state index contributed by atoms with van der Waals surface area (Å²) in [6, 6.07) is 62.4. The molecule has 2 saturated heterocycles. The summed E-state index contributed by atoms with van der Waals surface area (Å²) in [6.45, 7) is 22.9. The van der Waals surface area contributed by atoms with Crippen molar-refractivity contribution in [1.29, 1.82) is 0 Å². The highest BCUT2D eigenvalue weighted by Gasteiger charge is 2.22. The molecule has 35 nitrogen and oxygen atoms in total. The zero-order valence-corrected chi connectivity index (χ0v) is 78.1. The standard InChI is InChI=1S/C26H26FN7O3.C26H29FN6O2.C25H20ClFN6O2.C25H28FN7O2/c1-18(17-34-12-4-11-29-34)25(35)31-21-6-3-5-20(15-21)30-24-23(27)16-28-26(33-24)32-19-7-9-22(10-8-19)37-14-13-36-2;1-3-24(34)29-19-6-4-7-20(14-19)30-25-23(27)16-28-26(32-25)31-21-8-5-9-22(15-21)35-17-18-10-12-33(2)13-11-18;1-2-23(34)30-16-7-5-8-17(12-16)31-24-21(27)14-29-25(33-24)32-18-9-10-22(20(26)13-18)35-15-19-6-3-4-11-28-19;1-2-23(35)28-18-5-3-6-19(15-18)29-24-22(26)17-27-25(31-24)30-20-7-4-8-21(16-20)33-11-9-32(10-12-33)13-14-34/h3-12,15-16H,1,13-14,17H2,2H3,(H,31,35)(H2,28,30,32,33);3-9,14-16,18H,1,10-13,17H2,2H3,(H,29,34)(H2,28,30,31,32);2-14H,1,15H2,(H,30,34)(H2,29,31,32,33);2-8,15-17,34H,1,9-14H2,(H,28,35)(H2,27,29,30,31). The Kier molecular flexibility index (Phi) is 37.6. The molecule has 16 rings (SSSR count). The molecule has 0 spiro atoms. The minimum absolute atomic E-state index is 0.00404. The molecule has 14 aromatic rings. The number of benzene rings is 8. The van der Waals surface area contributed by atoms with Gasteiger partial charge in [-0.25, -0.2) is 37.5 Å². The van der Waals surface area contributed by atoms with Crippen LogP contribution in [0.25, 0.3) is 0 Å². The van der Waals surface area contributed by atoms with Crippen LogP contribution in [-0.2, 0) is 37.1 Å². The quantitative estimate of drug-likeness (QED) is 0.00966. The van der Waals surface area contributed by atoms with Crippen molar-refractivity contribution >= 4 is 156 Å². The number of nitrogens with one attached hydrogen (secondary N) is 12. The van der Waals surface area contributed by atoms with E-state index in [1.165, 1.54) is 12.2 Å². The average Bonchev–Trinajstić information content (AvgIpc) is 1.55. The fourth-order valence-electron chi connectivity index (χ4n) is 13.7. The molecule has 0 atom stereocenters. The van der Waals surface area contributed by atoms with Crippen LogP contribution in [0.1, 0.15) is 18.5 Å². The maximum absolute atomic E-state index is 14.5. The van der Waals surface area contributed by atoms with E-state index in [4.69, 9.17) is 35.7 Å². The molecule has 142 heavy (non-hydrogen) atoms. The summed E-state index contributed by atoms with van der Waals surface area (Å²) in [5.74, 6) is -0.573. The molecule has 2 aliphatic rings. The first-order valence-electron chi connectivity index (χ1n) is 44.6. The average molecular weight is 1950 g/mol. The van der Waals surface area contributed by atoms with Crippen molar-refractivity contribution < 1.29 is 60.8 Å². The minimum Gasteiger partial charge on any atom is -0.493 e. The lowest BCUT2D eigenvalue weighted by Crippen LogP contribution is -2.47. The number of carbonyl (C=O) groups is 4. The molecule has 0 saturated carbocycles. The number of rotatable bonds is 39. The molecular formula is C102H103ClF4N26O9. The summed E-state index contributed by atoms with van der Waals surface area (Å²) in [6.07, 6.45) is 15.2. The number of methoxy groups -OCH3 is 1. The number of piperazine rings is 1. The third-order valence-corrected chi connectivity index (χ3v) is 21.2. The molecular weight excluding hydrogens is 1840 g/mol. The molecule has 0 unspecified atom stereocenters. The van der Waals surface area contributed by atoms with Crippen molar-refractivity contribution in [2.75, 3.05) is 155 Å². The van der Waals surface area contributed by atoms with Gasteiger partial charge in [0.25, 0.3) is 5.91 Å². The summed E-state index contributed by atoms with van der Waals surface area (Å²) in [5, 5.41) is 48.3. The van der Waals surface area contributed by atoms with E-state index in [0.717, 1.165) is 111 Å². The molecule has 6 aromatic heterocycles. The van der Waals surface area contributed by atoms with Crippen molar-refractivity contribution in [2.24, 2.45) is 5.92 Å². The van der Waals surface area contributed by atoms with Crippen molar-refractivity contribution in [3.05, 3.63) is 340 Å². The third kappa shape index (κ3) is 32.5. The smallest absolute Gasteiger partial charge is 0.252 e. The number of hydrogen-bond acceptors (Lipinski definition) is 30. The van der Waals surface area contributed by atoms with Gasteiger partial charge >= 0.3 is 0 Å². The topological polar surface area (TPSA) is 413 Å². The molecule has 13 N–H and O–H groups in total. The highest BCUT2D eigenvalue weighted by Crippen LogP contribution is 2.34. The van der Waals surface area contributed by atoms with Gasteiger partial charge in [-0.2, -0.15) is 25.0 Å². The SMILES string of the molecule is C=C(Cn1cccn1)C(=O)Nc1cccc(Nc2nc(Nc3ccc(OCCOC)cc3)ncc2F)c1.C=CC(=O)Nc1cccc(Nc2nc(Nc3ccc(OCc4ccccn4)c(Cl)c3)ncc2F)c1.C=CC(=O)Nc1cccc(Nc2nc(Nc3cccc(N4CCN(CCO)CC4)c3)ncc2F)c1.C=CC(=O)Nc1cccc(Nc2nc(Nc3cccc(OCC4CCN(C)CC4)c3)ncc2F)c1. The van der Waals surface area contributed by atoms with Gasteiger partial charge in [0, 0.05) is 144 Å². The fourth-order valence-corrected chi connectivity index (χ4v) is 14.0. The summed E-state index contributed by atoms with van der Waals surface area (Å²) in [5.41, 5.74) is 9.28. The highest BCUT2D eigenvalue weighted by molar-refractivity contribution is 6.32. The van der Waals surface area contributed by atoms with E-state index in [2.05, 4.69) is 162 Å². The Balaban J connectivity index is 0.000000159. The Morgan fingerprint density at radius 3 is 1.35 bits per heavy atom. The number of ether oxygens (including phenoxy) is 4. The summed E-state index contributed by atoms with van der Waals surface area (Å²) in [4.78, 5) is 91.2. The van der Waals surface area contributed by atoms with Crippen LogP contribution in [0, 0.1) is 29.2 Å². The lowest BCUT2D eigenvalue weighted by atomic mass is 9.98. The van der Waals surface area contributed by atoms with Crippen LogP contribution in [0.5, 0.6) is 17.2 Å². The first-order chi connectivity index (χ1) is 69.0. The van der Waals surface area contributed by atoms with Crippen LogP contribution >= 0.6 is 11.6 Å². The predicted molar refractivity (Wildman–Crippen MR) is 545 cm³/mol. The van der Waals surface area contributed by atoms with Gasteiger partial charge in [0.2, 0.25) is 41.5 Å². The van der Waals surface area contributed by atoms with Gasteiger partial charge in [-0.05, 0) is 221 Å². The maximum Gasteiger partial charge on any atom is 0.252 e. The third-order valence-electron chi connectivity index (χ3n) is 21.0. The molecule has 2 aliphatic heterocycles. The fraction of sp³-hybridized carbons (Fsp3) is 0.176. The second-order valence-electron chi connectivity index (χ2n) is 31.5. The first kappa shape index (κ1) is 102. The van der Waals surface area contributed by atoms with Crippen LogP contribution in [0.3, 0.4) is 0 Å². The van der Waals surface area contributed by atoms with Crippen LogP contribution in [0.2, 0.25) is 5.02 Å². The number of aliphatic hydroxyl groups excluding tert-OH is 1. The monoisotopic (exact) mass is 1950 g/mol. The Hall–Kier alpha value is -17.3. The number of β-amino-alcohol motifs (C(OH)–C–C–N with tert-alkyl or cyclic N) is 1. The molecule has 40 heteroatoms. The molecule has 0 aliphatic carbocycles. The number of anilines is 21. The lowest BCUT2D eigenvalue weighted by molar-refractivity contribution is -0.113. The van der Waals surface area contributed by atoms with E-state index in [1.54, 1.807) is 176 Å². The number of likely N-dealkylation sites (tertiary alicyclic amines) is 1. The largest absolute Gasteiger partial charge is 0.493 e. The first-order valence-corrected chi connectivity index (χ1v) is 45.0. The van der Waals surface area contributed by atoms with Gasteiger partial charge in [-0.15, -0.1) is 0 Å². The molecule has 0 bridgehead atoms. The van der Waals surface area contributed by atoms with Gasteiger partial charge in [-0.1, -0.05) is 80.4 Å². The van der Waals surface area contributed by atoms with Gasteiger partial charge < -0.3 is 97.7 Å². The number of amides is 4. The number of carbonyl (C=O) groups excluding carboxylic acids is 4. The normalized spacial score (nSPS) is 12.2. The zero-order chi connectivity index (χ0) is 99.9. The van der Waals surface area contributed by atoms with Crippen molar-refractivity contribution in [1.82, 2.24) is 64.4 Å². The van der Waals surface area contributed by atoms with E-state index >= 15 is 0 Å². The van der Waals surface area contributed by atoms with E-state index in [1.807, 2.05) is 66.7 Å². The number of nitrogens with zero attached hydrogens (tertiary/aromatic N) is 14. The van der Waals surface area contributed by atoms with Crippen LogP contribution in [0.15, 0.2) is 306 Å². The van der Waals surface area contributed by atoms with E-state index < -0.39 is 23.3 Å². The second-order valence-corrected chi connectivity index (χ2v) is 31.9. The minimum atomic E-state index is -0.646. The second kappa shape index (κ2) is 52.3. The van der Waals surface area contributed by atoms with Crippen molar-refractivity contribution in [3.8, 4) is 17.2 Å². The Bertz CT molecular complexity index is 6630. The van der Waals surface area contributed by atoms with Gasteiger partial charge in [0.05, 0.1) is 61.9 Å². The summed E-state index contributed by atoms with van der Waals surface area (Å²) in [7, 11) is 3.76. The lowest BCUT2D eigenvalue weighted by Gasteiger charge is -2.35. The predicted octanol–water partition coefficient (Wildman–Crippen LogP) is 18.7. The number of halogens is 5. The summed E-state index contributed by atoms with van der Waals surface area (Å²) < 4.78 is 81.5.